The number of amidine groups is 1. The highest BCUT2D eigenvalue weighted by Crippen LogP contribution is 2.45. The standard InChI is InChI=1S/C25H30N6O2/c1-4-6-19-29-22(17-11-12-17)21(25(30-19)32-3)24-28-14-13-20(31-24)33-15-16-7-9-18(10-8-16)23(26)27-5-2/h7-10,13-14,17H,4-6,11-12,15H2,1-3H3,(H2,26,27). The molecule has 3 aromatic rings. The second-order valence-electron chi connectivity index (χ2n) is 8.00. The molecule has 0 bridgehead atoms. The first kappa shape index (κ1) is 22.6. The predicted octanol–water partition coefficient (Wildman–Crippen LogP) is 4.08. The summed E-state index contributed by atoms with van der Waals surface area (Å²) in [5, 5.41) is 0. The van der Waals surface area contributed by atoms with E-state index in [1.54, 1.807) is 19.4 Å². The molecule has 0 saturated heterocycles. The summed E-state index contributed by atoms with van der Waals surface area (Å²) in [5.41, 5.74) is 9.61. The topological polar surface area (TPSA) is 108 Å². The number of aliphatic imine (C=N–C) groups is 1. The van der Waals surface area contributed by atoms with Gasteiger partial charge in [0, 0.05) is 36.7 Å². The van der Waals surface area contributed by atoms with Crippen LogP contribution in [0.2, 0.25) is 0 Å². The van der Waals surface area contributed by atoms with Gasteiger partial charge in [0.05, 0.1) is 12.8 Å². The zero-order valence-corrected chi connectivity index (χ0v) is 19.4. The van der Waals surface area contributed by atoms with Crippen molar-refractivity contribution in [1.29, 1.82) is 0 Å². The number of nitrogens with zero attached hydrogens (tertiary/aromatic N) is 5. The lowest BCUT2D eigenvalue weighted by Gasteiger charge is -2.14. The summed E-state index contributed by atoms with van der Waals surface area (Å²) in [6, 6.07) is 9.59. The molecule has 1 aromatic carbocycles. The van der Waals surface area contributed by atoms with Crippen molar-refractivity contribution in [3.8, 4) is 23.1 Å². The first-order valence-electron chi connectivity index (χ1n) is 11.4. The highest BCUT2D eigenvalue weighted by atomic mass is 16.5. The monoisotopic (exact) mass is 446 g/mol. The van der Waals surface area contributed by atoms with Crippen LogP contribution in [0, 0.1) is 0 Å². The molecule has 0 atom stereocenters. The number of methoxy groups -OCH3 is 1. The van der Waals surface area contributed by atoms with Gasteiger partial charge in [-0.05, 0) is 31.7 Å². The van der Waals surface area contributed by atoms with Gasteiger partial charge in [0.1, 0.15) is 23.8 Å². The van der Waals surface area contributed by atoms with E-state index in [1.165, 1.54) is 0 Å². The van der Waals surface area contributed by atoms with E-state index in [1.807, 2.05) is 31.2 Å². The third-order valence-electron chi connectivity index (χ3n) is 5.40. The van der Waals surface area contributed by atoms with E-state index in [0.717, 1.165) is 53.9 Å². The van der Waals surface area contributed by atoms with E-state index in [2.05, 4.69) is 26.9 Å². The van der Waals surface area contributed by atoms with E-state index in [9.17, 15) is 0 Å². The van der Waals surface area contributed by atoms with Crippen molar-refractivity contribution in [2.45, 2.75) is 52.1 Å². The van der Waals surface area contributed by atoms with Crippen LogP contribution >= 0.6 is 0 Å². The van der Waals surface area contributed by atoms with Gasteiger partial charge in [-0.3, -0.25) is 4.99 Å². The van der Waals surface area contributed by atoms with Crippen molar-refractivity contribution >= 4 is 5.84 Å². The number of hydrogen-bond acceptors (Lipinski definition) is 7. The second kappa shape index (κ2) is 10.4. The van der Waals surface area contributed by atoms with Crippen molar-refractivity contribution in [2.75, 3.05) is 13.7 Å². The third-order valence-corrected chi connectivity index (χ3v) is 5.40. The van der Waals surface area contributed by atoms with Gasteiger partial charge in [0.25, 0.3) is 0 Å². The van der Waals surface area contributed by atoms with Crippen LogP contribution in [0.3, 0.4) is 0 Å². The lowest BCUT2D eigenvalue weighted by molar-refractivity contribution is 0.293. The molecule has 0 aliphatic heterocycles. The highest BCUT2D eigenvalue weighted by molar-refractivity contribution is 5.97. The lowest BCUT2D eigenvalue weighted by atomic mass is 10.1. The number of rotatable bonds is 10. The Morgan fingerprint density at radius 3 is 2.55 bits per heavy atom. The summed E-state index contributed by atoms with van der Waals surface area (Å²) in [5.74, 6) is 3.28. The van der Waals surface area contributed by atoms with E-state index >= 15 is 0 Å². The van der Waals surface area contributed by atoms with Crippen LogP contribution in [-0.4, -0.2) is 39.4 Å². The Morgan fingerprint density at radius 1 is 1.09 bits per heavy atom. The van der Waals surface area contributed by atoms with Gasteiger partial charge in [-0.15, -0.1) is 0 Å². The van der Waals surface area contributed by atoms with Crippen LogP contribution < -0.4 is 15.2 Å². The predicted molar refractivity (Wildman–Crippen MR) is 128 cm³/mol. The molecule has 1 aliphatic rings. The number of nitrogens with two attached hydrogens (primary N) is 1. The number of benzene rings is 1. The zero-order valence-electron chi connectivity index (χ0n) is 19.4. The largest absolute Gasteiger partial charge is 0.480 e. The van der Waals surface area contributed by atoms with Crippen LogP contribution in [0.4, 0.5) is 0 Å². The molecule has 33 heavy (non-hydrogen) atoms. The average Bonchev–Trinajstić information content (AvgIpc) is 3.68. The Morgan fingerprint density at radius 2 is 1.88 bits per heavy atom. The molecule has 1 fully saturated rings. The Bertz CT molecular complexity index is 1130. The van der Waals surface area contributed by atoms with E-state index < -0.39 is 0 Å². The number of aryl methyl sites for hydroxylation is 1. The molecule has 0 unspecified atom stereocenters. The first-order chi connectivity index (χ1) is 16.1. The fourth-order valence-corrected chi connectivity index (χ4v) is 3.58. The molecule has 8 heteroatoms. The number of hydrogen-bond donors (Lipinski definition) is 1. The fourth-order valence-electron chi connectivity index (χ4n) is 3.58. The molecule has 1 aliphatic carbocycles. The minimum absolute atomic E-state index is 0.375. The summed E-state index contributed by atoms with van der Waals surface area (Å²) in [7, 11) is 1.63. The van der Waals surface area contributed by atoms with Gasteiger partial charge >= 0.3 is 0 Å². The molecule has 172 valence electrons. The summed E-state index contributed by atoms with van der Waals surface area (Å²) < 4.78 is 11.6. The molecule has 2 N–H and O–H groups in total. The number of aromatic nitrogens is 4. The molecule has 4 rings (SSSR count). The maximum absolute atomic E-state index is 5.96. The molecule has 0 radical (unpaired) electrons. The van der Waals surface area contributed by atoms with Crippen molar-refractivity contribution in [1.82, 2.24) is 19.9 Å². The third kappa shape index (κ3) is 5.45. The molecular weight excluding hydrogens is 416 g/mol. The van der Waals surface area contributed by atoms with Gasteiger partial charge in [-0.1, -0.05) is 31.2 Å². The van der Waals surface area contributed by atoms with Gasteiger partial charge in [0.15, 0.2) is 5.82 Å². The first-order valence-corrected chi connectivity index (χ1v) is 11.4. The molecule has 1 saturated carbocycles. The summed E-state index contributed by atoms with van der Waals surface area (Å²) in [6.45, 7) is 5.11. The zero-order chi connectivity index (χ0) is 23.2. The number of ether oxygens (including phenoxy) is 2. The molecular formula is C25H30N6O2. The van der Waals surface area contributed by atoms with E-state index in [-0.39, 0.29) is 0 Å². The van der Waals surface area contributed by atoms with Crippen LogP contribution in [0.15, 0.2) is 41.5 Å². The Hall–Kier alpha value is -3.55. The van der Waals surface area contributed by atoms with Gasteiger partial charge in [-0.2, -0.15) is 9.97 Å². The van der Waals surface area contributed by atoms with Crippen molar-refractivity contribution in [3.63, 3.8) is 0 Å². The SMILES string of the molecule is CCCc1nc(OC)c(-c2nccc(OCc3ccc(C(N)=NCC)cc3)n2)c(C2CC2)n1. The Kier molecular flexibility index (Phi) is 7.12. The minimum atomic E-state index is 0.375. The highest BCUT2D eigenvalue weighted by Gasteiger charge is 2.32. The molecule has 0 amide bonds. The van der Waals surface area contributed by atoms with Gasteiger partial charge in [-0.25, -0.2) is 9.97 Å². The molecule has 2 heterocycles. The van der Waals surface area contributed by atoms with Crippen LogP contribution in [-0.2, 0) is 13.0 Å². The molecule has 2 aromatic heterocycles. The lowest BCUT2D eigenvalue weighted by Crippen LogP contribution is -2.13. The quantitative estimate of drug-likeness (QED) is 0.369. The summed E-state index contributed by atoms with van der Waals surface area (Å²) in [4.78, 5) is 22.8. The maximum atomic E-state index is 5.96. The summed E-state index contributed by atoms with van der Waals surface area (Å²) in [6.07, 6.45) is 5.70. The van der Waals surface area contributed by atoms with Crippen molar-refractivity contribution in [2.24, 2.45) is 10.7 Å². The molecule has 0 spiro atoms. The summed E-state index contributed by atoms with van der Waals surface area (Å²) >= 11 is 0. The Labute approximate surface area is 194 Å². The smallest absolute Gasteiger partial charge is 0.228 e. The average molecular weight is 447 g/mol. The van der Waals surface area contributed by atoms with Crippen molar-refractivity contribution < 1.29 is 9.47 Å². The van der Waals surface area contributed by atoms with E-state index in [0.29, 0.717) is 42.5 Å². The van der Waals surface area contributed by atoms with E-state index in [4.69, 9.17) is 20.2 Å². The Balaban J connectivity index is 1.55. The molecule has 8 nitrogen and oxygen atoms in total. The van der Waals surface area contributed by atoms with Crippen molar-refractivity contribution in [3.05, 3.63) is 59.2 Å². The van der Waals surface area contributed by atoms with Gasteiger partial charge in [0.2, 0.25) is 11.8 Å². The van der Waals surface area contributed by atoms with Crippen LogP contribution in [0.1, 0.15) is 61.7 Å². The fraction of sp³-hybridized carbons (Fsp3) is 0.400. The second-order valence-corrected chi connectivity index (χ2v) is 8.00. The normalized spacial score (nSPS) is 13.7. The van der Waals surface area contributed by atoms with Crippen LogP contribution in [0.25, 0.3) is 11.4 Å². The van der Waals surface area contributed by atoms with Crippen LogP contribution in [0.5, 0.6) is 11.8 Å². The maximum Gasteiger partial charge on any atom is 0.228 e. The van der Waals surface area contributed by atoms with Gasteiger partial charge < -0.3 is 15.2 Å². The minimum Gasteiger partial charge on any atom is -0.480 e.